The van der Waals surface area contributed by atoms with Crippen LogP contribution < -0.4 is 0 Å². The van der Waals surface area contributed by atoms with Crippen LogP contribution >= 0.6 is 0 Å². The number of carbonyl (C=O) groups is 1. The van der Waals surface area contributed by atoms with E-state index in [1.807, 2.05) is 0 Å². The minimum atomic E-state index is -0.395. The Morgan fingerprint density at radius 1 is 1.55 bits per heavy atom. The van der Waals surface area contributed by atoms with Gasteiger partial charge in [-0.15, -0.1) is 0 Å². The fourth-order valence-corrected chi connectivity index (χ4v) is 0.433. The van der Waals surface area contributed by atoms with Crippen molar-refractivity contribution in [3.63, 3.8) is 0 Å². The Balaban J connectivity index is 3.83. The molecule has 0 unspecified atom stereocenters. The molecule has 3 nitrogen and oxygen atoms in total. The standard InChI is InChI=1S/C8H12O3/c1-3-11-8(10)5-4-7(2)6-9/h4-6,9H,3H2,1-2H3/b5-4+,7-6+. The predicted octanol–water partition coefficient (Wildman–Crippen LogP) is 1.57. The van der Waals surface area contributed by atoms with Crippen molar-refractivity contribution in [2.24, 2.45) is 0 Å². The molecule has 0 aliphatic rings. The third-order valence-electron chi connectivity index (χ3n) is 0.973. The molecule has 1 N–H and O–H groups in total. The van der Waals surface area contributed by atoms with Crippen LogP contribution in [0.5, 0.6) is 0 Å². The van der Waals surface area contributed by atoms with Gasteiger partial charge in [0.15, 0.2) is 0 Å². The first-order valence-corrected chi connectivity index (χ1v) is 3.36. The van der Waals surface area contributed by atoms with Crippen molar-refractivity contribution in [2.45, 2.75) is 13.8 Å². The lowest BCUT2D eigenvalue weighted by Crippen LogP contribution is -1.98. The molecule has 62 valence electrons. The Morgan fingerprint density at radius 2 is 2.18 bits per heavy atom. The van der Waals surface area contributed by atoms with Crippen LogP contribution in [0, 0.1) is 0 Å². The van der Waals surface area contributed by atoms with Crippen molar-refractivity contribution >= 4 is 5.97 Å². The molecule has 0 atom stereocenters. The van der Waals surface area contributed by atoms with E-state index >= 15 is 0 Å². The molecule has 0 saturated heterocycles. The first-order chi connectivity index (χ1) is 5.20. The van der Waals surface area contributed by atoms with Gasteiger partial charge < -0.3 is 9.84 Å². The summed E-state index contributed by atoms with van der Waals surface area (Å²) in [4.78, 5) is 10.6. The molecule has 0 saturated carbocycles. The van der Waals surface area contributed by atoms with E-state index in [4.69, 9.17) is 5.11 Å². The number of aliphatic hydroxyl groups excluding tert-OH is 1. The summed E-state index contributed by atoms with van der Waals surface area (Å²) in [6.07, 6.45) is 3.68. The van der Waals surface area contributed by atoms with Crippen molar-refractivity contribution in [3.05, 3.63) is 24.0 Å². The summed E-state index contributed by atoms with van der Waals surface area (Å²) >= 11 is 0. The average molecular weight is 156 g/mol. The van der Waals surface area contributed by atoms with E-state index in [1.54, 1.807) is 13.8 Å². The van der Waals surface area contributed by atoms with Crippen LogP contribution in [0.25, 0.3) is 0 Å². The molecular weight excluding hydrogens is 144 g/mol. The molecule has 0 aliphatic heterocycles. The normalized spacial score (nSPS) is 12.0. The van der Waals surface area contributed by atoms with E-state index in [2.05, 4.69) is 4.74 Å². The first-order valence-electron chi connectivity index (χ1n) is 3.36. The SMILES string of the molecule is CCOC(=O)/C=C/C(C)=C/O. The van der Waals surface area contributed by atoms with Gasteiger partial charge in [0.25, 0.3) is 0 Å². The van der Waals surface area contributed by atoms with Gasteiger partial charge in [-0.05, 0) is 25.5 Å². The van der Waals surface area contributed by atoms with Crippen molar-refractivity contribution < 1.29 is 14.6 Å². The van der Waals surface area contributed by atoms with E-state index in [0.29, 0.717) is 12.2 Å². The largest absolute Gasteiger partial charge is 0.515 e. The number of hydrogen-bond donors (Lipinski definition) is 1. The van der Waals surface area contributed by atoms with Gasteiger partial charge in [-0.3, -0.25) is 0 Å². The molecule has 0 aromatic rings. The van der Waals surface area contributed by atoms with Crippen LogP contribution in [-0.2, 0) is 9.53 Å². The second kappa shape index (κ2) is 5.53. The molecule has 0 aliphatic carbocycles. The van der Waals surface area contributed by atoms with Gasteiger partial charge in [-0.25, -0.2) is 4.79 Å². The van der Waals surface area contributed by atoms with Crippen LogP contribution in [-0.4, -0.2) is 17.7 Å². The molecule has 0 spiro atoms. The monoisotopic (exact) mass is 156 g/mol. The number of carbonyl (C=O) groups excluding carboxylic acids is 1. The second-order valence-electron chi connectivity index (χ2n) is 1.96. The highest BCUT2D eigenvalue weighted by Gasteiger charge is 1.91. The molecule has 0 radical (unpaired) electrons. The smallest absolute Gasteiger partial charge is 0.330 e. The van der Waals surface area contributed by atoms with Gasteiger partial charge in [0, 0.05) is 6.08 Å². The quantitative estimate of drug-likeness (QED) is 0.292. The van der Waals surface area contributed by atoms with E-state index in [0.717, 1.165) is 6.26 Å². The summed E-state index contributed by atoms with van der Waals surface area (Å²) in [6, 6.07) is 0. The fraction of sp³-hybridized carbons (Fsp3) is 0.375. The molecule has 11 heavy (non-hydrogen) atoms. The molecule has 0 heterocycles. The molecule has 0 bridgehead atoms. The van der Waals surface area contributed by atoms with Crippen LogP contribution in [0.4, 0.5) is 0 Å². The zero-order chi connectivity index (χ0) is 8.69. The predicted molar refractivity (Wildman–Crippen MR) is 42.2 cm³/mol. The fourth-order valence-electron chi connectivity index (χ4n) is 0.433. The van der Waals surface area contributed by atoms with Crippen LogP contribution in [0.2, 0.25) is 0 Å². The van der Waals surface area contributed by atoms with Gasteiger partial charge in [-0.2, -0.15) is 0 Å². The topological polar surface area (TPSA) is 46.5 Å². The second-order valence-corrected chi connectivity index (χ2v) is 1.96. The van der Waals surface area contributed by atoms with E-state index in [1.165, 1.54) is 12.2 Å². The first kappa shape index (κ1) is 9.75. The molecule has 3 heteroatoms. The summed E-state index contributed by atoms with van der Waals surface area (Å²) in [5.41, 5.74) is 0.609. The van der Waals surface area contributed by atoms with Crippen LogP contribution in [0.3, 0.4) is 0 Å². The summed E-state index contributed by atoms with van der Waals surface area (Å²) in [6.45, 7) is 3.78. The molecular formula is C8H12O3. The highest BCUT2D eigenvalue weighted by Crippen LogP contribution is 1.92. The van der Waals surface area contributed by atoms with Crippen molar-refractivity contribution in [2.75, 3.05) is 6.61 Å². The molecule has 0 fully saturated rings. The lowest BCUT2D eigenvalue weighted by Gasteiger charge is -1.93. The van der Waals surface area contributed by atoms with Crippen molar-refractivity contribution in [1.82, 2.24) is 0 Å². The third-order valence-corrected chi connectivity index (χ3v) is 0.973. The highest BCUT2D eigenvalue weighted by atomic mass is 16.5. The summed E-state index contributed by atoms with van der Waals surface area (Å²) in [7, 11) is 0. The molecule has 0 amide bonds. The molecule has 0 aromatic heterocycles. The lowest BCUT2D eigenvalue weighted by atomic mass is 10.3. The summed E-state index contributed by atoms with van der Waals surface area (Å²) in [5.74, 6) is -0.395. The Bertz CT molecular complexity index is 180. The van der Waals surface area contributed by atoms with E-state index in [-0.39, 0.29) is 0 Å². The maximum Gasteiger partial charge on any atom is 0.330 e. The molecule has 0 aromatic carbocycles. The summed E-state index contributed by atoms with van der Waals surface area (Å²) < 4.78 is 4.60. The summed E-state index contributed by atoms with van der Waals surface area (Å²) in [5, 5.41) is 8.41. The van der Waals surface area contributed by atoms with Gasteiger partial charge in [0.1, 0.15) is 0 Å². The maximum absolute atomic E-state index is 10.6. The minimum absolute atomic E-state index is 0.366. The highest BCUT2D eigenvalue weighted by molar-refractivity contribution is 5.82. The maximum atomic E-state index is 10.6. The number of hydrogen-bond acceptors (Lipinski definition) is 3. The van der Waals surface area contributed by atoms with Crippen molar-refractivity contribution in [1.29, 1.82) is 0 Å². The zero-order valence-corrected chi connectivity index (χ0v) is 6.70. The van der Waals surface area contributed by atoms with E-state index in [9.17, 15) is 4.79 Å². The Morgan fingerprint density at radius 3 is 2.64 bits per heavy atom. The lowest BCUT2D eigenvalue weighted by molar-refractivity contribution is -0.137. The Labute approximate surface area is 66.0 Å². The van der Waals surface area contributed by atoms with Crippen LogP contribution in [0.1, 0.15) is 13.8 Å². The third kappa shape index (κ3) is 5.21. The number of rotatable bonds is 3. The van der Waals surface area contributed by atoms with Gasteiger partial charge in [-0.1, -0.05) is 0 Å². The number of allylic oxidation sites excluding steroid dienone is 2. The molecule has 0 rings (SSSR count). The average Bonchev–Trinajstić information content (AvgIpc) is 2.01. The van der Waals surface area contributed by atoms with Gasteiger partial charge >= 0.3 is 5.97 Å². The van der Waals surface area contributed by atoms with Crippen LogP contribution in [0.15, 0.2) is 24.0 Å². The van der Waals surface area contributed by atoms with Gasteiger partial charge in [0.2, 0.25) is 0 Å². The van der Waals surface area contributed by atoms with Gasteiger partial charge in [0.05, 0.1) is 12.9 Å². The van der Waals surface area contributed by atoms with Crippen molar-refractivity contribution in [3.8, 4) is 0 Å². The zero-order valence-electron chi connectivity index (χ0n) is 6.70. The van der Waals surface area contributed by atoms with E-state index < -0.39 is 5.97 Å². The number of ether oxygens (including phenoxy) is 1. The minimum Gasteiger partial charge on any atom is -0.515 e. The number of aliphatic hydroxyl groups is 1. The Kier molecular flexibility index (Phi) is 4.90. The Hall–Kier alpha value is -1.25. The number of esters is 1.